The SMILES string of the molecule is O=C(/C=C/c1ccc(Cl)c(Cl)c1)NCCCCCN1CCC(CCNC(=O)C(c2ccccc2)c2ccccc2)CC1. The number of rotatable bonds is 14. The van der Waals surface area contributed by atoms with Gasteiger partial charge in [0.25, 0.3) is 0 Å². The molecule has 0 saturated carbocycles. The molecule has 2 amide bonds. The molecule has 0 aromatic heterocycles. The molecule has 1 fully saturated rings. The fourth-order valence-electron chi connectivity index (χ4n) is 5.48. The van der Waals surface area contributed by atoms with Gasteiger partial charge in [-0.15, -0.1) is 0 Å². The molecule has 5 nitrogen and oxygen atoms in total. The number of carbonyl (C=O) groups excluding carboxylic acids is 2. The van der Waals surface area contributed by atoms with Crippen LogP contribution in [0.3, 0.4) is 0 Å². The van der Waals surface area contributed by atoms with Gasteiger partial charge in [-0.1, -0.05) is 96.4 Å². The minimum atomic E-state index is -0.284. The highest BCUT2D eigenvalue weighted by molar-refractivity contribution is 6.42. The topological polar surface area (TPSA) is 61.4 Å². The van der Waals surface area contributed by atoms with Crippen molar-refractivity contribution in [2.45, 2.75) is 44.4 Å². The lowest BCUT2D eigenvalue weighted by Gasteiger charge is -2.32. The van der Waals surface area contributed by atoms with Crippen molar-refractivity contribution in [3.63, 3.8) is 0 Å². The van der Waals surface area contributed by atoms with Gasteiger partial charge >= 0.3 is 0 Å². The smallest absolute Gasteiger partial charge is 0.243 e. The van der Waals surface area contributed by atoms with E-state index in [4.69, 9.17) is 23.2 Å². The second-order valence-electron chi connectivity index (χ2n) is 11.0. The number of hydrogen-bond acceptors (Lipinski definition) is 3. The van der Waals surface area contributed by atoms with Crippen LogP contribution >= 0.6 is 23.2 Å². The largest absolute Gasteiger partial charge is 0.355 e. The summed E-state index contributed by atoms with van der Waals surface area (Å²) in [7, 11) is 0. The van der Waals surface area contributed by atoms with Gasteiger partial charge in [0.1, 0.15) is 0 Å². The first kappa shape index (κ1) is 31.8. The maximum absolute atomic E-state index is 13.2. The number of hydrogen-bond donors (Lipinski definition) is 2. The second-order valence-corrected chi connectivity index (χ2v) is 11.8. The molecular weight excluding hydrogens is 565 g/mol. The van der Waals surface area contributed by atoms with Gasteiger partial charge in [0.15, 0.2) is 0 Å². The van der Waals surface area contributed by atoms with E-state index in [2.05, 4.69) is 15.5 Å². The molecule has 0 radical (unpaired) electrons. The van der Waals surface area contributed by atoms with Crippen molar-refractivity contribution in [3.05, 3.63) is 112 Å². The molecule has 1 aliphatic rings. The Labute approximate surface area is 260 Å². The Bertz CT molecular complexity index is 1250. The first-order valence-corrected chi connectivity index (χ1v) is 15.8. The van der Waals surface area contributed by atoms with E-state index < -0.39 is 0 Å². The number of nitrogens with zero attached hydrogens (tertiary/aromatic N) is 1. The highest BCUT2D eigenvalue weighted by Gasteiger charge is 2.23. The maximum Gasteiger partial charge on any atom is 0.243 e. The van der Waals surface area contributed by atoms with Gasteiger partial charge < -0.3 is 15.5 Å². The van der Waals surface area contributed by atoms with Crippen LogP contribution in [0.5, 0.6) is 0 Å². The van der Waals surface area contributed by atoms with Crippen LogP contribution in [0.1, 0.15) is 61.1 Å². The molecule has 0 bridgehead atoms. The van der Waals surface area contributed by atoms with Crippen molar-refractivity contribution >= 4 is 41.1 Å². The Balaban J connectivity index is 1.06. The average Bonchev–Trinajstić information content (AvgIpc) is 3.01. The maximum atomic E-state index is 13.2. The quantitative estimate of drug-likeness (QED) is 0.149. The van der Waals surface area contributed by atoms with E-state index in [9.17, 15) is 9.59 Å². The number of carbonyl (C=O) groups is 2. The predicted octanol–water partition coefficient (Wildman–Crippen LogP) is 7.34. The van der Waals surface area contributed by atoms with E-state index in [1.807, 2.05) is 66.7 Å². The van der Waals surface area contributed by atoms with Crippen LogP contribution in [0.4, 0.5) is 0 Å². The van der Waals surface area contributed by atoms with E-state index in [1.165, 1.54) is 18.9 Å². The fraction of sp³-hybridized carbons (Fsp3) is 0.371. The Morgan fingerprint density at radius 3 is 2.12 bits per heavy atom. The van der Waals surface area contributed by atoms with Crippen molar-refractivity contribution in [2.24, 2.45) is 5.92 Å². The molecule has 3 aromatic rings. The number of nitrogens with one attached hydrogen (secondary N) is 2. The van der Waals surface area contributed by atoms with E-state index in [0.717, 1.165) is 62.0 Å². The summed E-state index contributed by atoms with van der Waals surface area (Å²) < 4.78 is 0. The van der Waals surface area contributed by atoms with E-state index >= 15 is 0 Å². The summed E-state index contributed by atoms with van der Waals surface area (Å²) >= 11 is 11.9. The number of benzene rings is 3. The third-order valence-electron chi connectivity index (χ3n) is 7.91. The summed E-state index contributed by atoms with van der Waals surface area (Å²) in [5.74, 6) is 0.340. The molecule has 2 N–H and O–H groups in total. The molecule has 42 heavy (non-hydrogen) atoms. The fourth-order valence-corrected chi connectivity index (χ4v) is 5.79. The predicted molar refractivity (Wildman–Crippen MR) is 174 cm³/mol. The van der Waals surface area contributed by atoms with E-state index in [-0.39, 0.29) is 17.7 Å². The van der Waals surface area contributed by atoms with Crippen LogP contribution in [0.15, 0.2) is 84.9 Å². The zero-order chi connectivity index (χ0) is 29.6. The molecule has 7 heteroatoms. The van der Waals surface area contributed by atoms with Gasteiger partial charge in [0, 0.05) is 19.2 Å². The molecule has 1 saturated heterocycles. The van der Waals surface area contributed by atoms with Gasteiger partial charge in [-0.25, -0.2) is 0 Å². The Morgan fingerprint density at radius 1 is 0.810 bits per heavy atom. The summed E-state index contributed by atoms with van der Waals surface area (Å²) in [6, 6.07) is 25.3. The zero-order valence-corrected chi connectivity index (χ0v) is 25.6. The highest BCUT2D eigenvalue weighted by atomic mass is 35.5. The van der Waals surface area contributed by atoms with Crippen LogP contribution in [-0.4, -0.2) is 49.4 Å². The van der Waals surface area contributed by atoms with Gasteiger partial charge in [0.2, 0.25) is 11.8 Å². The lowest BCUT2D eigenvalue weighted by molar-refractivity contribution is -0.121. The lowest BCUT2D eigenvalue weighted by atomic mass is 9.90. The Hall–Kier alpha value is -3.12. The third-order valence-corrected chi connectivity index (χ3v) is 8.65. The summed E-state index contributed by atoms with van der Waals surface area (Å²) in [6.07, 6.45) is 9.84. The first-order valence-electron chi connectivity index (χ1n) is 15.0. The van der Waals surface area contributed by atoms with E-state index in [1.54, 1.807) is 18.2 Å². The molecular formula is C35H41Cl2N3O2. The molecule has 0 spiro atoms. The van der Waals surface area contributed by atoms with Gasteiger partial charge in [0.05, 0.1) is 16.0 Å². The molecule has 1 aliphatic heterocycles. The van der Waals surface area contributed by atoms with Crippen molar-refractivity contribution in [3.8, 4) is 0 Å². The van der Waals surface area contributed by atoms with Crippen molar-refractivity contribution in [2.75, 3.05) is 32.7 Å². The number of unbranched alkanes of at least 4 members (excludes halogenated alkanes) is 2. The summed E-state index contributed by atoms with van der Waals surface area (Å²) in [5, 5.41) is 7.15. The summed E-state index contributed by atoms with van der Waals surface area (Å²) in [6.45, 7) is 4.73. The van der Waals surface area contributed by atoms with Crippen molar-refractivity contribution in [1.29, 1.82) is 0 Å². The van der Waals surface area contributed by atoms with Gasteiger partial charge in [-0.3, -0.25) is 9.59 Å². The van der Waals surface area contributed by atoms with Gasteiger partial charge in [-0.2, -0.15) is 0 Å². The number of halogens is 2. The molecule has 0 unspecified atom stereocenters. The lowest BCUT2D eigenvalue weighted by Crippen LogP contribution is -2.36. The number of likely N-dealkylation sites (tertiary alicyclic amines) is 1. The molecule has 4 rings (SSSR count). The Morgan fingerprint density at radius 2 is 1.48 bits per heavy atom. The van der Waals surface area contributed by atoms with Crippen LogP contribution in [0.25, 0.3) is 6.08 Å². The number of piperidine rings is 1. The second kappa shape index (κ2) is 17.1. The summed E-state index contributed by atoms with van der Waals surface area (Å²) in [4.78, 5) is 27.8. The van der Waals surface area contributed by atoms with Crippen LogP contribution in [0.2, 0.25) is 10.0 Å². The third kappa shape index (κ3) is 10.3. The zero-order valence-electron chi connectivity index (χ0n) is 24.1. The average molecular weight is 607 g/mol. The van der Waals surface area contributed by atoms with Gasteiger partial charge in [-0.05, 0) is 92.6 Å². The Kier molecular flexibility index (Phi) is 13.0. The summed E-state index contributed by atoms with van der Waals surface area (Å²) in [5.41, 5.74) is 2.88. The van der Waals surface area contributed by atoms with Crippen molar-refractivity contribution in [1.82, 2.24) is 15.5 Å². The van der Waals surface area contributed by atoms with Crippen LogP contribution < -0.4 is 10.6 Å². The molecule has 222 valence electrons. The minimum Gasteiger partial charge on any atom is -0.355 e. The standard InChI is InChI=1S/C35H41Cl2N3O2/c36-31-16-14-28(26-32(31)37)15-17-33(41)38-21-8-3-9-23-40-24-19-27(20-25-40)18-22-39-35(42)34(29-10-4-1-5-11-29)30-12-6-2-7-13-30/h1-2,4-7,10-17,26-27,34H,3,8-9,18-25H2,(H,38,41)(H,39,42)/b17-15+. The van der Waals surface area contributed by atoms with E-state index in [0.29, 0.717) is 29.1 Å². The normalized spacial score (nSPS) is 14.4. The highest BCUT2D eigenvalue weighted by Crippen LogP contribution is 2.26. The van der Waals surface area contributed by atoms with Crippen molar-refractivity contribution < 1.29 is 9.59 Å². The minimum absolute atomic E-state index is 0.0727. The monoisotopic (exact) mass is 605 g/mol. The molecule has 3 aromatic carbocycles. The first-order chi connectivity index (χ1) is 20.5. The molecule has 1 heterocycles. The molecule has 0 atom stereocenters. The number of amides is 2. The van der Waals surface area contributed by atoms with Crippen LogP contribution in [0, 0.1) is 5.92 Å². The van der Waals surface area contributed by atoms with Crippen LogP contribution in [-0.2, 0) is 9.59 Å². The molecule has 0 aliphatic carbocycles.